The van der Waals surface area contributed by atoms with Crippen LogP contribution in [0.1, 0.15) is 18.1 Å². The lowest BCUT2D eigenvalue weighted by molar-refractivity contribution is -0.139. The Balaban J connectivity index is 2.48. The van der Waals surface area contributed by atoms with Crippen LogP contribution in [-0.4, -0.2) is 65.2 Å². The molecule has 0 aliphatic carbocycles. The first kappa shape index (κ1) is 26.0. The van der Waals surface area contributed by atoms with Crippen molar-refractivity contribution in [2.75, 3.05) is 38.4 Å². The summed E-state index contributed by atoms with van der Waals surface area (Å²) in [5, 5.41) is 2.54. The number of likely N-dealkylation sites (N-methyl/N-ethyl adjacent to an activating group) is 1. The molecule has 10 heteroatoms. The van der Waals surface area contributed by atoms with E-state index in [1.165, 1.54) is 32.2 Å². The monoisotopic (exact) mass is 477 g/mol. The minimum absolute atomic E-state index is 0.141. The second kappa shape index (κ2) is 11.0. The maximum atomic E-state index is 13.4. The number of nitrogens with one attached hydrogen (secondary N) is 1. The van der Waals surface area contributed by atoms with Gasteiger partial charge in [-0.1, -0.05) is 29.8 Å². The molecule has 33 heavy (non-hydrogen) atoms. The molecule has 9 nitrogen and oxygen atoms in total. The van der Waals surface area contributed by atoms with Crippen molar-refractivity contribution in [3.05, 3.63) is 53.6 Å². The normalized spacial score (nSPS) is 11.9. The molecular formula is C23H31N3O6S. The van der Waals surface area contributed by atoms with Crippen LogP contribution in [0.15, 0.2) is 42.5 Å². The van der Waals surface area contributed by atoms with Gasteiger partial charge in [-0.15, -0.1) is 0 Å². The lowest BCUT2D eigenvalue weighted by atomic mass is 10.1. The molecular weight excluding hydrogens is 446 g/mol. The van der Waals surface area contributed by atoms with Crippen molar-refractivity contribution in [1.82, 2.24) is 10.2 Å². The van der Waals surface area contributed by atoms with E-state index in [9.17, 15) is 18.0 Å². The summed E-state index contributed by atoms with van der Waals surface area (Å²) in [4.78, 5) is 27.2. The van der Waals surface area contributed by atoms with Crippen LogP contribution in [0.5, 0.6) is 11.5 Å². The largest absolute Gasteiger partial charge is 0.497 e. The maximum absolute atomic E-state index is 13.4. The molecule has 0 heterocycles. The molecule has 0 unspecified atom stereocenters. The van der Waals surface area contributed by atoms with Crippen molar-refractivity contribution < 1.29 is 27.5 Å². The smallest absolute Gasteiger partial charge is 0.244 e. The molecule has 0 bridgehead atoms. The van der Waals surface area contributed by atoms with Gasteiger partial charge in [0, 0.05) is 19.7 Å². The fraction of sp³-hybridized carbons (Fsp3) is 0.391. The van der Waals surface area contributed by atoms with E-state index < -0.39 is 28.5 Å². The number of anilines is 1. The summed E-state index contributed by atoms with van der Waals surface area (Å²) in [6.07, 6.45) is 1.01. The SMILES string of the molecule is CNC(=O)[C@H](C)N(Cc1cccc(C)c1)C(=O)CN(c1cc(OC)ccc1OC)S(C)(=O)=O. The Morgan fingerprint density at radius 2 is 1.79 bits per heavy atom. The minimum Gasteiger partial charge on any atom is -0.497 e. The first-order valence-corrected chi connectivity index (χ1v) is 12.1. The molecule has 0 spiro atoms. The summed E-state index contributed by atoms with van der Waals surface area (Å²) in [7, 11) is 0.461. The summed E-state index contributed by atoms with van der Waals surface area (Å²) >= 11 is 0. The van der Waals surface area contributed by atoms with Gasteiger partial charge in [-0.05, 0) is 31.5 Å². The van der Waals surface area contributed by atoms with Gasteiger partial charge in [0.2, 0.25) is 21.8 Å². The second-order valence-corrected chi connectivity index (χ2v) is 9.52. The van der Waals surface area contributed by atoms with Crippen LogP contribution in [0.4, 0.5) is 5.69 Å². The van der Waals surface area contributed by atoms with Gasteiger partial charge in [0.05, 0.1) is 26.2 Å². The van der Waals surface area contributed by atoms with Crippen LogP contribution < -0.4 is 19.1 Å². The molecule has 2 aromatic carbocycles. The number of methoxy groups -OCH3 is 2. The number of aryl methyl sites for hydroxylation is 1. The van der Waals surface area contributed by atoms with E-state index in [2.05, 4.69) is 5.32 Å². The number of hydrogen-bond donors (Lipinski definition) is 1. The van der Waals surface area contributed by atoms with Crippen LogP contribution in [0.3, 0.4) is 0 Å². The number of benzene rings is 2. The third-order valence-electron chi connectivity index (χ3n) is 5.18. The van der Waals surface area contributed by atoms with Gasteiger partial charge in [-0.2, -0.15) is 0 Å². The van der Waals surface area contributed by atoms with E-state index >= 15 is 0 Å². The van der Waals surface area contributed by atoms with Crippen molar-refractivity contribution in [3.63, 3.8) is 0 Å². The molecule has 0 saturated heterocycles. The van der Waals surface area contributed by atoms with E-state index in [-0.39, 0.29) is 23.9 Å². The van der Waals surface area contributed by atoms with Crippen molar-refractivity contribution in [2.24, 2.45) is 0 Å². The number of carbonyl (C=O) groups is 2. The highest BCUT2D eigenvalue weighted by Gasteiger charge is 2.31. The quantitative estimate of drug-likeness (QED) is 0.561. The zero-order valence-corrected chi connectivity index (χ0v) is 20.6. The number of ether oxygens (including phenoxy) is 2. The number of amides is 2. The predicted octanol–water partition coefficient (Wildman–Crippen LogP) is 1.94. The average molecular weight is 478 g/mol. The summed E-state index contributed by atoms with van der Waals surface area (Å²) in [6, 6.07) is 11.4. The standard InChI is InChI=1S/C23H31N3O6S/c1-16-8-7-9-18(12-16)14-25(17(2)23(28)24-3)22(27)15-26(33(6,29)30)20-13-19(31-4)10-11-21(20)32-5/h7-13,17H,14-15H2,1-6H3,(H,24,28)/t17-/m0/s1. The van der Waals surface area contributed by atoms with Crippen molar-refractivity contribution >= 4 is 27.5 Å². The summed E-state index contributed by atoms with van der Waals surface area (Å²) in [5.74, 6) is -0.232. The highest BCUT2D eigenvalue weighted by molar-refractivity contribution is 7.92. The third-order valence-corrected chi connectivity index (χ3v) is 6.31. The molecule has 180 valence electrons. The molecule has 2 amide bonds. The van der Waals surface area contributed by atoms with Gasteiger partial charge < -0.3 is 19.7 Å². The number of hydrogen-bond acceptors (Lipinski definition) is 6. The molecule has 1 N–H and O–H groups in total. The topological polar surface area (TPSA) is 105 Å². The maximum Gasteiger partial charge on any atom is 0.244 e. The summed E-state index contributed by atoms with van der Waals surface area (Å²) < 4.78 is 36.9. The predicted molar refractivity (Wildman–Crippen MR) is 127 cm³/mol. The van der Waals surface area contributed by atoms with E-state index in [4.69, 9.17) is 9.47 Å². The van der Waals surface area contributed by atoms with Crippen LogP contribution in [0, 0.1) is 6.92 Å². The van der Waals surface area contributed by atoms with Gasteiger partial charge >= 0.3 is 0 Å². The van der Waals surface area contributed by atoms with Crippen molar-refractivity contribution in [1.29, 1.82) is 0 Å². The second-order valence-electron chi connectivity index (χ2n) is 7.61. The zero-order chi connectivity index (χ0) is 24.8. The Morgan fingerprint density at radius 3 is 2.33 bits per heavy atom. The Hall–Kier alpha value is -3.27. The fourth-order valence-corrected chi connectivity index (χ4v) is 4.23. The number of sulfonamides is 1. The molecule has 1 atom stereocenters. The highest BCUT2D eigenvalue weighted by atomic mass is 32.2. The highest BCUT2D eigenvalue weighted by Crippen LogP contribution is 2.34. The molecule has 0 radical (unpaired) electrons. The van der Waals surface area contributed by atoms with E-state index in [0.29, 0.717) is 5.75 Å². The van der Waals surface area contributed by atoms with Gasteiger partial charge in [0.25, 0.3) is 0 Å². The Morgan fingerprint density at radius 1 is 1.09 bits per heavy atom. The number of carbonyl (C=O) groups excluding carboxylic acids is 2. The molecule has 0 aliphatic heterocycles. The number of rotatable bonds is 10. The number of nitrogens with zero attached hydrogens (tertiary/aromatic N) is 2. The molecule has 0 aromatic heterocycles. The minimum atomic E-state index is -3.89. The van der Waals surface area contributed by atoms with E-state index in [0.717, 1.165) is 21.7 Å². The lowest BCUT2D eigenvalue weighted by Gasteiger charge is -2.31. The molecule has 0 aliphatic rings. The summed E-state index contributed by atoms with van der Waals surface area (Å²) in [6.45, 7) is 3.15. The Labute approximate surface area is 195 Å². The Kier molecular flexibility index (Phi) is 8.69. The molecule has 2 rings (SSSR count). The molecule has 2 aromatic rings. The Bertz CT molecular complexity index is 1100. The lowest BCUT2D eigenvalue weighted by Crippen LogP contribution is -2.50. The first-order chi connectivity index (χ1) is 15.5. The van der Waals surface area contributed by atoms with Crippen molar-refractivity contribution in [3.8, 4) is 11.5 Å². The van der Waals surface area contributed by atoms with Gasteiger partial charge in [0.1, 0.15) is 24.1 Å². The fourth-order valence-electron chi connectivity index (χ4n) is 3.39. The van der Waals surface area contributed by atoms with E-state index in [1.807, 2.05) is 31.2 Å². The van der Waals surface area contributed by atoms with Crippen molar-refractivity contribution in [2.45, 2.75) is 26.4 Å². The first-order valence-electron chi connectivity index (χ1n) is 10.3. The molecule has 0 fully saturated rings. The van der Waals surface area contributed by atoms with Crippen LogP contribution in [0.25, 0.3) is 0 Å². The van der Waals surface area contributed by atoms with Crippen LogP contribution >= 0.6 is 0 Å². The van der Waals surface area contributed by atoms with Crippen LogP contribution in [0.2, 0.25) is 0 Å². The average Bonchev–Trinajstić information content (AvgIpc) is 2.78. The van der Waals surface area contributed by atoms with Crippen LogP contribution in [-0.2, 0) is 26.2 Å². The van der Waals surface area contributed by atoms with Gasteiger partial charge in [-0.3, -0.25) is 13.9 Å². The zero-order valence-electron chi connectivity index (χ0n) is 19.8. The van der Waals surface area contributed by atoms with Gasteiger partial charge in [0.15, 0.2) is 0 Å². The molecule has 0 saturated carbocycles. The van der Waals surface area contributed by atoms with E-state index in [1.54, 1.807) is 19.1 Å². The summed E-state index contributed by atoms with van der Waals surface area (Å²) in [5.41, 5.74) is 1.99. The third kappa shape index (κ3) is 6.61. The van der Waals surface area contributed by atoms with Gasteiger partial charge in [-0.25, -0.2) is 8.42 Å².